The average Bonchev–Trinajstić information content (AvgIpc) is 2.91. The van der Waals surface area contributed by atoms with E-state index in [1.807, 2.05) is 40.1 Å². The molecule has 1 heterocycles. The molecule has 0 aliphatic carbocycles. The van der Waals surface area contributed by atoms with Crippen LogP contribution >= 0.6 is 11.8 Å². The minimum atomic E-state index is 0.0290. The maximum absolute atomic E-state index is 13.6. The lowest BCUT2D eigenvalue weighted by molar-refractivity contribution is -0.116. The van der Waals surface area contributed by atoms with Crippen molar-refractivity contribution < 1.29 is 9.59 Å². The maximum atomic E-state index is 13.6. The second kappa shape index (κ2) is 15.8. The highest BCUT2D eigenvalue weighted by Gasteiger charge is 2.26. The van der Waals surface area contributed by atoms with Gasteiger partial charge in [-0.2, -0.15) is 0 Å². The van der Waals surface area contributed by atoms with Crippen LogP contribution in [0, 0.1) is 0 Å². The summed E-state index contributed by atoms with van der Waals surface area (Å²) in [6, 6.07) is 15.8. The molecule has 1 aliphatic rings. The van der Waals surface area contributed by atoms with E-state index in [4.69, 9.17) is 0 Å². The summed E-state index contributed by atoms with van der Waals surface area (Å²) in [5.74, 6) is 0.698. The number of carbonyl (C=O) groups is 2. The van der Waals surface area contributed by atoms with Crippen molar-refractivity contribution in [3.63, 3.8) is 0 Å². The van der Waals surface area contributed by atoms with Gasteiger partial charge in [0.05, 0.1) is 11.4 Å². The van der Waals surface area contributed by atoms with Gasteiger partial charge in [0.15, 0.2) is 0 Å². The molecule has 2 aromatic rings. The molecule has 0 spiro atoms. The highest BCUT2D eigenvalue weighted by atomic mass is 32.2. The normalized spacial score (nSPS) is 13.1. The highest BCUT2D eigenvalue weighted by Crippen LogP contribution is 2.38. The zero-order valence-corrected chi connectivity index (χ0v) is 23.2. The Morgan fingerprint density at radius 2 is 1.47 bits per heavy atom. The largest absolute Gasteiger partial charge is 0.310 e. The first-order valence-electron chi connectivity index (χ1n) is 14.1. The third-order valence-corrected chi connectivity index (χ3v) is 7.98. The lowest BCUT2D eigenvalue weighted by atomic mass is 10.1. The van der Waals surface area contributed by atoms with E-state index in [1.165, 1.54) is 51.4 Å². The van der Waals surface area contributed by atoms with E-state index < -0.39 is 0 Å². The fourth-order valence-electron chi connectivity index (χ4n) is 4.79. The van der Waals surface area contributed by atoms with E-state index in [2.05, 4.69) is 32.0 Å². The molecule has 0 atom stereocenters. The van der Waals surface area contributed by atoms with Crippen LogP contribution in [0.4, 0.5) is 11.4 Å². The Morgan fingerprint density at radius 1 is 0.833 bits per heavy atom. The molecule has 3 rings (SSSR count). The van der Waals surface area contributed by atoms with Crippen molar-refractivity contribution in [2.75, 3.05) is 28.6 Å². The number of carbonyl (C=O) groups excluding carboxylic acids is 2. The van der Waals surface area contributed by atoms with Crippen LogP contribution in [-0.4, -0.2) is 30.7 Å². The van der Waals surface area contributed by atoms with Gasteiger partial charge in [0, 0.05) is 29.2 Å². The van der Waals surface area contributed by atoms with Crippen LogP contribution in [0.25, 0.3) is 0 Å². The molecule has 5 heteroatoms. The van der Waals surface area contributed by atoms with Gasteiger partial charge in [-0.25, -0.2) is 0 Å². The third-order valence-electron chi connectivity index (χ3n) is 6.93. The molecule has 1 aliphatic heterocycles. The average molecular weight is 509 g/mol. The van der Waals surface area contributed by atoms with Crippen molar-refractivity contribution in [1.82, 2.24) is 0 Å². The zero-order chi connectivity index (χ0) is 25.6. The second-order valence-electron chi connectivity index (χ2n) is 9.84. The molecule has 36 heavy (non-hydrogen) atoms. The van der Waals surface area contributed by atoms with E-state index in [1.54, 1.807) is 11.8 Å². The lowest BCUT2D eigenvalue weighted by Gasteiger charge is -2.31. The van der Waals surface area contributed by atoms with Crippen LogP contribution in [0.15, 0.2) is 53.4 Å². The van der Waals surface area contributed by atoms with Gasteiger partial charge in [-0.3, -0.25) is 9.59 Å². The van der Waals surface area contributed by atoms with Crippen molar-refractivity contribution in [1.29, 1.82) is 0 Å². The van der Waals surface area contributed by atoms with Crippen LogP contribution in [0.2, 0.25) is 0 Å². The monoisotopic (exact) mass is 508 g/mol. The molecule has 4 nitrogen and oxygen atoms in total. The Hall–Kier alpha value is -2.27. The number of hydrogen-bond acceptors (Lipinski definition) is 3. The topological polar surface area (TPSA) is 40.6 Å². The van der Waals surface area contributed by atoms with Crippen molar-refractivity contribution >= 4 is 35.0 Å². The van der Waals surface area contributed by atoms with E-state index >= 15 is 0 Å². The van der Waals surface area contributed by atoms with Gasteiger partial charge in [-0.1, -0.05) is 96.3 Å². The van der Waals surface area contributed by atoms with E-state index in [-0.39, 0.29) is 11.8 Å². The Bertz CT molecular complexity index is 947. The van der Waals surface area contributed by atoms with Crippen LogP contribution in [-0.2, 0) is 4.79 Å². The lowest BCUT2D eigenvalue weighted by Crippen LogP contribution is -2.37. The SMILES string of the molecule is CCCCCCCCN(C(=O)c1ccccc1)c1ccc2c(c1)N(CCCCCCCC)C(=O)CS2. The molecule has 0 saturated heterocycles. The summed E-state index contributed by atoms with van der Waals surface area (Å²) in [6.45, 7) is 5.91. The minimum absolute atomic E-state index is 0.0290. The van der Waals surface area contributed by atoms with Crippen molar-refractivity contribution in [3.05, 3.63) is 54.1 Å². The zero-order valence-electron chi connectivity index (χ0n) is 22.3. The molecule has 0 fully saturated rings. The van der Waals surface area contributed by atoms with Gasteiger partial charge in [0.25, 0.3) is 5.91 Å². The van der Waals surface area contributed by atoms with Crippen molar-refractivity contribution in [2.24, 2.45) is 0 Å². The summed E-state index contributed by atoms with van der Waals surface area (Å²) in [4.78, 5) is 31.5. The number of nitrogens with zero attached hydrogens (tertiary/aromatic N) is 2. The number of benzene rings is 2. The molecular formula is C31H44N2O2S. The molecule has 0 radical (unpaired) electrons. The van der Waals surface area contributed by atoms with Gasteiger partial charge >= 0.3 is 0 Å². The summed E-state index contributed by atoms with van der Waals surface area (Å²) in [6.07, 6.45) is 14.3. The number of hydrogen-bond donors (Lipinski definition) is 0. The van der Waals surface area contributed by atoms with Crippen LogP contribution in [0.1, 0.15) is 101 Å². The number of rotatable bonds is 16. The number of amides is 2. The quantitative estimate of drug-likeness (QED) is 0.213. The van der Waals surface area contributed by atoms with E-state index in [0.29, 0.717) is 17.9 Å². The molecule has 2 amide bonds. The second-order valence-corrected chi connectivity index (χ2v) is 10.9. The molecule has 196 valence electrons. The first kappa shape index (κ1) is 28.3. The molecule has 0 unspecified atom stereocenters. The van der Waals surface area contributed by atoms with E-state index in [9.17, 15) is 9.59 Å². The molecule has 0 saturated carbocycles. The Morgan fingerprint density at radius 3 is 2.17 bits per heavy atom. The van der Waals surface area contributed by atoms with Crippen molar-refractivity contribution in [2.45, 2.75) is 95.8 Å². The summed E-state index contributed by atoms with van der Waals surface area (Å²) < 4.78 is 0. The number of fused-ring (bicyclic) bond motifs is 1. The number of thioether (sulfide) groups is 1. The fourth-order valence-corrected chi connectivity index (χ4v) is 5.70. The Kier molecular flexibility index (Phi) is 12.4. The fraction of sp³-hybridized carbons (Fsp3) is 0.548. The van der Waals surface area contributed by atoms with Crippen LogP contribution < -0.4 is 9.80 Å². The minimum Gasteiger partial charge on any atom is -0.310 e. The first-order valence-corrected chi connectivity index (χ1v) is 15.1. The van der Waals surface area contributed by atoms with Gasteiger partial charge in [0.1, 0.15) is 0 Å². The molecule has 0 N–H and O–H groups in total. The maximum Gasteiger partial charge on any atom is 0.258 e. The molecule has 0 bridgehead atoms. The smallest absolute Gasteiger partial charge is 0.258 e. The summed E-state index contributed by atoms with van der Waals surface area (Å²) >= 11 is 1.61. The van der Waals surface area contributed by atoms with Gasteiger partial charge < -0.3 is 9.80 Å². The first-order chi connectivity index (χ1) is 17.7. The Labute approximate surface area is 222 Å². The Balaban J connectivity index is 1.76. The summed E-state index contributed by atoms with van der Waals surface area (Å²) in [7, 11) is 0. The number of anilines is 2. The molecular weight excluding hydrogens is 464 g/mol. The predicted octanol–water partition coefficient (Wildman–Crippen LogP) is 8.49. The van der Waals surface area contributed by atoms with Crippen LogP contribution in [0.5, 0.6) is 0 Å². The highest BCUT2D eigenvalue weighted by molar-refractivity contribution is 8.00. The predicted molar refractivity (Wildman–Crippen MR) is 154 cm³/mol. The van der Waals surface area contributed by atoms with Crippen molar-refractivity contribution in [3.8, 4) is 0 Å². The number of unbranched alkanes of at least 4 members (excludes halogenated alkanes) is 10. The van der Waals surface area contributed by atoms with Gasteiger partial charge in [-0.05, 0) is 43.2 Å². The molecule has 2 aromatic carbocycles. The summed E-state index contributed by atoms with van der Waals surface area (Å²) in [5, 5.41) is 0. The van der Waals surface area contributed by atoms with E-state index in [0.717, 1.165) is 48.5 Å². The third kappa shape index (κ3) is 8.40. The van der Waals surface area contributed by atoms with Gasteiger partial charge in [-0.15, -0.1) is 11.8 Å². The van der Waals surface area contributed by atoms with Crippen LogP contribution in [0.3, 0.4) is 0 Å². The molecule has 0 aromatic heterocycles. The summed E-state index contributed by atoms with van der Waals surface area (Å²) in [5.41, 5.74) is 2.56. The standard InChI is InChI=1S/C31H44N2O2S/c1-3-5-7-9-11-16-22-32(31(35)26-18-14-13-15-19-26)27-20-21-29-28(24-27)33(30(34)25-36-29)23-17-12-10-8-6-4-2/h13-15,18-21,24H,3-12,16-17,22-23,25H2,1-2H3. The van der Waals surface area contributed by atoms with Gasteiger partial charge in [0.2, 0.25) is 5.91 Å².